The fourth-order valence-corrected chi connectivity index (χ4v) is 2.87. The summed E-state index contributed by atoms with van der Waals surface area (Å²) in [5, 5.41) is 5.02. The van der Waals surface area contributed by atoms with Crippen molar-refractivity contribution in [1.82, 2.24) is 10.3 Å². The lowest BCUT2D eigenvalue weighted by Gasteiger charge is -2.31. The zero-order chi connectivity index (χ0) is 12.9. The van der Waals surface area contributed by atoms with Crippen LogP contribution < -0.4 is 5.32 Å². The van der Waals surface area contributed by atoms with Crippen molar-refractivity contribution < 1.29 is 0 Å². The molecule has 0 saturated heterocycles. The summed E-state index contributed by atoms with van der Waals surface area (Å²) in [6.07, 6.45) is 1.08. The van der Waals surface area contributed by atoms with E-state index in [9.17, 15) is 0 Å². The first-order chi connectivity index (χ1) is 8.46. The minimum atomic E-state index is 0.203. The van der Waals surface area contributed by atoms with Crippen LogP contribution in [0, 0.1) is 0 Å². The molecule has 1 aromatic heterocycles. The number of aromatic nitrogens is 1. The van der Waals surface area contributed by atoms with Crippen LogP contribution in [-0.2, 0) is 13.0 Å². The van der Waals surface area contributed by atoms with Gasteiger partial charge in [0.05, 0.1) is 0 Å². The number of nitrogens with one attached hydrogen (secondary N) is 2. The molecular weight excluding hydrogens is 220 g/mol. The van der Waals surface area contributed by atoms with E-state index in [0.29, 0.717) is 5.92 Å². The van der Waals surface area contributed by atoms with Crippen LogP contribution >= 0.6 is 0 Å². The SMILES string of the molecule is CC(C)c1ccc2[nH]c3c(c2c1)CNC(C)(C)C3. The van der Waals surface area contributed by atoms with Crippen LogP contribution in [0.15, 0.2) is 18.2 Å². The van der Waals surface area contributed by atoms with Gasteiger partial charge in [-0.25, -0.2) is 0 Å². The highest BCUT2D eigenvalue weighted by atomic mass is 15.0. The molecule has 0 atom stereocenters. The first-order valence-corrected chi connectivity index (χ1v) is 6.85. The predicted molar refractivity (Wildman–Crippen MR) is 77.0 cm³/mol. The lowest BCUT2D eigenvalue weighted by Crippen LogP contribution is -2.44. The fourth-order valence-electron chi connectivity index (χ4n) is 2.87. The maximum absolute atomic E-state index is 3.62. The van der Waals surface area contributed by atoms with E-state index in [0.717, 1.165) is 13.0 Å². The standard InChI is InChI=1S/C16H22N2/c1-10(2)11-5-6-14-12(7-11)13-9-17-16(3,4)8-15(13)18-14/h5-7,10,17-18H,8-9H2,1-4H3. The van der Waals surface area contributed by atoms with Gasteiger partial charge >= 0.3 is 0 Å². The van der Waals surface area contributed by atoms with Gasteiger partial charge in [-0.15, -0.1) is 0 Å². The van der Waals surface area contributed by atoms with E-state index in [2.05, 4.69) is 56.2 Å². The van der Waals surface area contributed by atoms with Crippen molar-refractivity contribution in [3.63, 3.8) is 0 Å². The van der Waals surface area contributed by atoms with Crippen molar-refractivity contribution in [2.75, 3.05) is 0 Å². The lowest BCUT2D eigenvalue weighted by atomic mass is 9.91. The van der Waals surface area contributed by atoms with Gasteiger partial charge in [0.25, 0.3) is 0 Å². The molecule has 0 saturated carbocycles. The average Bonchev–Trinajstić information content (AvgIpc) is 2.63. The van der Waals surface area contributed by atoms with Crippen LogP contribution in [0.2, 0.25) is 0 Å². The fraction of sp³-hybridized carbons (Fsp3) is 0.500. The van der Waals surface area contributed by atoms with E-state index in [1.54, 1.807) is 0 Å². The number of fused-ring (bicyclic) bond motifs is 3. The van der Waals surface area contributed by atoms with Crippen LogP contribution in [-0.4, -0.2) is 10.5 Å². The summed E-state index contributed by atoms with van der Waals surface area (Å²) in [6, 6.07) is 6.83. The zero-order valence-electron chi connectivity index (χ0n) is 11.7. The Balaban J connectivity index is 2.14. The molecule has 3 rings (SSSR count). The Morgan fingerprint density at radius 2 is 2.00 bits per heavy atom. The smallest absolute Gasteiger partial charge is 0.0459 e. The van der Waals surface area contributed by atoms with Gasteiger partial charge in [0.2, 0.25) is 0 Å². The molecule has 1 aliphatic heterocycles. The summed E-state index contributed by atoms with van der Waals surface area (Å²) in [5.74, 6) is 0.591. The molecule has 0 fully saturated rings. The monoisotopic (exact) mass is 242 g/mol. The zero-order valence-corrected chi connectivity index (χ0v) is 11.7. The second-order valence-corrected chi connectivity index (χ2v) is 6.46. The molecule has 2 heteroatoms. The van der Waals surface area contributed by atoms with E-state index in [-0.39, 0.29) is 5.54 Å². The van der Waals surface area contributed by atoms with Gasteiger partial charge in [0.15, 0.2) is 0 Å². The summed E-state index contributed by atoms with van der Waals surface area (Å²) in [4.78, 5) is 3.60. The summed E-state index contributed by atoms with van der Waals surface area (Å²) in [6.45, 7) is 10.0. The van der Waals surface area contributed by atoms with Crippen molar-refractivity contribution in [3.8, 4) is 0 Å². The first kappa shape index (κ1) is 11.8. The molecule has 0 amide bonds. The van der Waals surface area contributed by atoms with Crippen LogP contribution in [0.1, 0.15) is 50.4 Å². The van der Waals surface area contributed by atoms with Gasteiger partial charge in [-0.1, -0.05) is 19.9 Å². The van der Waals surface area contributed by atoms with E-state index >= 15 is 0 Å². The molecule has 96 valence electrons. The molecule has 2 heterocycles. The second kappa shape index (κ2) is 3.86. The lowest BCUT2D eigenvalue weighted by molar-refractivity contribution is 0.360. The van der Waals surface area contributed by atoms with Gasteiger partial charge in [0.1, 0.15) is 0 Å². The summed E-state index contributed by atoms with van der Waals surface area (Å²) in [5.41, 5.74) is 5.79. The molecule has 18 heavy (non-hydrogen) atoms. The highest BCUT2D eigenvalue weighted by Gasteiger charge is 2.27. The third-order valence-electron chi connectivity index (χ3n) is 4.05. The largest absolute Gasteiger partial charge is 0.358 e. The molecule has 0 radical (unpaired) electrons. The summed E-state index contributed by atoms with van der Waals surface area (Å²) < 4.78 is 0. The Morgan fingerprint density at radius 3 is 2.72 bits per heavy atom. The molecule has 1 aromatic carbocycles. The third kappa shape index (κ3) is 1.85. The topological polar surface area (TPSA) is 27.8 Å². The molecule has 0 bridgehead atoms. The van der Waals surface area contributed by atoms with Crippen LogP contribution in [0.4, 0.5) is 0 Å². The molecule has 0 spiro atoms. The predicted octanol–water partition coefficient (Wildman–Crippen LogP) is 3.72. The maximum atomic E-state index is 3.62. The normalized spacial score (nSPS) is 18.3. The molecule has 2 aromatic rings. The van der Waals surface area contributed by atoms with Crippen molar-refractivity contribution in [3.05, 3.63) is 35.0 Å². The Labute approximate surface area is 109 Å². The van der Waals surface area contributed by atoms with E-state index in [4.69, 9.17) is 0 Å². The Hall–Kier alpha value is -1.28. The number of aromatic amines is 1. The highest BCUT2D eigenvalue weighted by molar-refractivity contribution is 5.85. The second-order valence-electron chi connectivity index (χ2n) is 6.46. The number of benzene rings is 1. The van der Waals surface area contributed by atoms with Crippen molar-refractivity contribution in [1.29, 1.82) is 0 Å². The van der Waals surface area contributed by atoms with Crippen molar-refractivity contribution >= 4 is 10.9 Å². The van der Waals surface area contributed by atoms with E-state index < -0.39 is 0 Å². The van der Waals surface area contributed by atoms with E-state index in [1.807, 2.05) is 0 Å². The van der Waals surface area contributed by atoms with Gasteiger partial charge in [-0.2, -0.15) is 0 Å². The molecule has 1 aliphatic rings. The highest BCUT2D eigenvalue weighted by Crippen LogP contribution is 2.31. The molecule has 0 unspecified atom stereocenters. The van der Waals surface area contributed by atoms with Gasteiger partial charge in [-0.3, -0.25) is 0 Å². The minimum Gasteiger partial charge on any atom is -0.358 e. The van der Waals surface area contributed by atoms with Crippen molar-refractivity contribution in [2.45, 2.75) is 52.1 Å². The number of hydrogen-bond acceptors (Lipinski definition) is 1. The summed E-state index contributed by atoms with van der Waals surface area (Å²) in [7, 11) is 0. The number of rotatable bonds is 1. The van der Waals surface area contributed by atoms with E-state index in [1.165, 1.54) is 27.7 Å². The first-order valence-electron chi connectivity index (χ1n) is 6.85. The average molecular weight is 242 g/mol. The molecule has 2 nitrogen and oxygen atoms in total. The molecular formula is C16H22N2. The Kier molecular flexibility index (Phi) is 2.53. The minimum absolute atomic E-state index is 0.203. The number of H-pyrrole nitrogens is 1. The van der Waals surface area contributed by atoms with Gasteiger partial charge in [0, 0.05) is 35.1 Å². The van der Waals surface area contributed by atoms with Gasteiger partial charge in [-0.05, 0) is 43.0 Å². The van der Waals surface area contributed by atoms with Crippen molar-refractivity contribution in [2.24, 2.45) is 0 Å². The van der Waals surface area contributed by atoms with Crippen LogP contribution in [0.3, 0.4) is 0 Å². The molecule has 0 aliphatic carbocycles. The maximum Gasteiger partial charge on any atom is 0.0459 e. The number of hydrogen-bond donors (Lipinski definition) is 2. The molecule has 2 N–H and O–H groups in total. The Bertz CT molecular complexity index is 590. The summed E-state index contributed by atoms with van der Waals surface area (Å²) >= 11 is 0. The van der Waals surface area contributed by atoms with Gasteiger partial charge < -0.3 is 10.3 Å². The third-order valence-corrected chi connectivity index (χ3v) is 4.05. The quantitative estimate of drug-likeness (QED) is 0.783. The van der Waals surface area contributed by atoms with Crippen LogP contribution in [0.25, 0.3) is 10.9 Å². The Morgan fingerprint density at radius 1 is 1.22 bits per heavy atom. The van der Waals surface area contributed by atoms with Crippen LogP contribution in [0.5, 0.6) is 0 Å².